The molecule has 1 fully saturated rings. The molecule has 3 aromatic rings. The van der Waals surface area contributed by atoms with Crippen molar-refractivity contribution in [3.8, 4) is 0 Å². The molecule has 0 aliphatic carbocycles. The lowest BCUT2D eigenvalue weighted by molar-refractivity contribution is -0.116. The van der Waals surface area contributed by atoms with Crippen LogP contribution in [0.3, 0.4) is 0 Å². The summed E-state index contributed by atoms with van der Waals surface area (Å²) in [4.78, 5) is 22.6. The van der Waals surface area contributed by atoms with Gasteiger partial charge in [0.1, 0.15) is 6.54 Å². The van der Waals surface area contributed by atoms with Gasteiger partial charge in [0.25, 0.3) is 0 Å². The fourth-order valence-electron chi connectivity index (χ4n) is 3.84. The molecule has 2 aromatic heterocycles. The summed E-state index contributed by atoms with van der Waals surface area (Å²) in [6.07, 6.45) is 1.77. The van der Waals surface area contributed by atoms with Gasteiger partial charge in [0, 0.05) is 23.3 Å². The summed E-state index contributed by atoms with van der Waals surface area (Å²) >= 11 is 5.62. The second kappa shape index (κ2) is 8.05. The van der Waals surface area contributed by atoms with Crippen LogP contribution in [0.15, 0.2) is 60.8 Å². The number of hydrogen-bond acceptors (Lipinski definition) is 3. The van der Waals surface area contributed by atoms with Crippen molar-refractivity contribution >= 4 is 28.9 Å². The number of nitrogens with one attached hydrogen (secondary N) is 3. The van der Waals surface area contributed by atoms with E-state index in [0.29, 0.717) is 5.11 Å². The highest BCUT2D eigenvalue weighted by molar-refractivity contribution is 7.80. The Bertz CT molecular complexity index is 1020. The van der Waals surface area contributed by atoms with Gasteiger partial charge >= 0.3 is 0 Å². The number of anilines is 1. The lowest BCUT2D eigenvalue weighted by Gasteiger charge is -2.27. The fraction of sp³-hybridized carbons (Fsp3) is 0.227. The first kappa shape index (κ1) is 19.1. The maximum Gasteiger partial charge on any atom is 0.244 e. The van der Waals surface area contributed by atoms with Crippen LogP contribution in [-0.4, -0.2) is 32.4 Å². The summed E-state index contributed by atoms with van der Waals surface area (Å²) in [7, 11) is 0. The molecule has 29 heavy (non-hydrogen) atoms. The number of amides is 1. The number of rotatable bonds is 5. The van der Waals surface area contributed by atoms with Crippen LogP contribution in [0.5, 0.6) is 0 Å². The van der Waals surface area contributed by atoms with E-state index in [0.717, 1.165) is 28.3 Å². The molecule has 0 bridgehead atoms. The molecule has 6 nitrogen and oxygen atoms in total. The first-order chi connectivity index (χ1) is 14.0. The zero-order chi connectivity index (χ0) is 20.4. The second-order valence-corrected chi connectivity index (χ2v) is 7.59. The van der Waals surface area contributed by atoms with Gasteiger partial charge in [0.15, 0.2) is 5.11 Å². The number of carbonyl (C=O) groups is 1. The van der Waals surface area contributed by atoms with Crippen molar-refractivity contribution in [3.05, 3.63) is 83.4 Å². The molecular formula is C22H23N5OS. The van der Waals surface area contributed by atoms with Gasteiger partial charge in [-0.2, -0.15) is 0 Å². The van der Waals surface area contributed by atoms with Crippen molar-refractivity contribution < 1.29 is 4.79 Å². The van der Waals surface area contributed by atoms with Crippen molar-refractivity contribution in [1.82, 2.24) is 20.2 Å². The number of aromatic amines is 1. The lowest BCUT2D eigenvalue weighted by atomic mass is 9.97. The smallest absolute Gasteiger partial charge is 0.244 e. The Hall–Kier alpha value is -3.19. The van der Waals surface area contributed by atoms with Crippen molar-refractivity contribution in [3.63, 3.8) is 0 Å². The number of carbonyl (C=O) groups excluding carboxylic acids is 1. The Balaban J connectivity index is 1.64. The molecule has 0 unspecified atom stereocenters. The standard InChI is InChI=1S/C22H23N5OS/c1-14-12-17(15(2)24-14)21-20(18-10-6-7-11-23-18)26-22(29)27(21)13-19(28)25-16-8-4-3-5-9-16/h3-12,20-21,24H,13H2,1-2H3,(H,25,28)(H,26,29)/t20-,21+/m1/s1. The summed E-state index contributed by atoms with van der Waals surface area (Å²) in [5.41, 5.74) is 4.90. The summed E-state index contributed by atoms with van der Waals surface area (Å²) < 4.78 is 0. The molecule has 0 spiro atoms. The monoisotopic (exact) mass is 405 g/mol. The highest BCUT2D eigenvalue weighted by Crippen LogP contribution is 2.39. The fourth-order valence-corrected chi connectivity index (χ4v) is 4.15. The highest BCUT2D eigenvalue weighted by Gasteiger charge is 2.41. The first-order valence-electron chi connectivity index (χ1n) is 9.52. The van der Waals surface area contributed by atoms with Crippen LogP contribution >= 0.6 is 12.2 Å². The van der Waals surface area contributed by atoms with E-state index in [4.69, 9.17) is 12.2 Å². The van der Waals surface area contributed by atoms with Crippen LogP contribution in [0, 0.1) is 13.8 Å². The summed E-state index contributed by atoms with van der Waals surface area (Å²) in [5, 5.41) is 6.87. The van der Waals surface area contributed by atoms with Crippen LogP contribution in [-0.2, 0) is 4.79 Å². The zero-order valence-electron chi connectivity index (χ0n) is 16.3. The van der Waals surface area contributed by atoms with Gasteiger partial charge in [-0.1, -0.05) is 24.3 Å². The van der Waals surface area contributed by atoms with Crippen molar-refractivity contribution in [1.29, 1.82) is 0 Å². The first-order valence-corrected chi connectivity index (χ1v) is 9.93. The van der Waals surface area contributed by atoms with Gasteiger partial charge in [-0.25, -0.2) is 0 Å². The number of benzene rings is 1. The molecule has 3 heterocycles. The van der Waals surface area contributed by atoms with Gasteiger partial charge in [-0.05, 0) is 62.0 Å². The van der Waals surface area contributed by atoms with E-state index in [2.05, 4.69) is 26.7 Å². The van der Waals surface area contributed by atoms with E-state index < -0.39 is 0 Å². The molecule has 0 radical (unpaired) electrons. The number of hydrogen-bond donors (Lipinski definition) is 3. The predicted molar refractivity (Wildman–Crippen MR) is 117 cm³/mol. The Morgan fingerprint density at radius 1 is 1.17 bits per heavy atom. The lowest BCUT2D eigenvalue weighted by Crippen LogP contribution is -2.37. The number of para-hydroxylation sites is 1. The van der Waals surface area contributed by atoms with E-state index >= 15 is 0 Å². The summed E-state index contributed by atoms with van der Waals surface area (Å²) in [6.45, 7) is 4.22. The molecule has 1 saturated heterocycles. The molecule has 3 N–H and O–H groups in total. The van der Waals surface area contributed by atoms with E-state index in [1.807, 2.05) is 67.3 Å². The topological polar surface area (TPSA) is 73.1 Å². The van der Waals surface area contributed by atoms with Crippen molar-refractivity contribution in [2.24, 2.45) is 0 Å². The van der Waals surface area contributed by atoms with Crippen LogP contribution in [0.2, 0.25) is 0 Å². The largest absolute Gasteiger partial charge is 0.362 e. The molecule has 148 valence electrons. The third-order valence-electron chi connectivity index (χ3n) is 5.08. The number of nitrogens with zero attached hydrogens (tertiary/aromatic N) is 2. The minimum Gasteiger partial charge on any atom is -0.362 e. The zero-order valence-corrected chi connectivity index (χ0v) is 17.2. The quantitative estimate of drug-likeness (QED) is 0.565. The minimum absolute atomic E-state index is 0.114. The normalized spacial score (nSPS) is 18.6. The molecule has 7 heteroatoms. The Labute approximate surface area is 175 Å². The predicted octanol–water partition coefficient (Wildman–Crippen LogP) is 3.64. The second-order valence-electron chi connectivity index (χ2n) is 7.20. The average Bonchev–Trinajstić information content (AvgIpc) is 3.21. The van der Waals surface area contributed by atoms with Crippen LogP contribution in [0.25, 0.3) is 0 Å². The van der Waals surface area contributed by atoms with Crippen molar-refractivity contribution in [2.75, 3.05) is 11.9 Å². The highest BCUT2D eigenvalue weighted by atomic mass is 32.1. The van der Waals surface area contributed by atoms with Gasteiger partial charge in [0.2, 0.25) is 5.91 Å². The molecule has 2 atom stereocenters. The van der Waals surface area contributed by atoms with E-state index in [-0.39, 0.29) is 24.5 Å². The Kier molecular flexibility index (Phi) is 5.31. The third kappa shape index (κ3) is 4.00. The summed E-state index contributed by atoms with van der Waals surface area (Å²) in [5.74, 6) is -0.114. The number of aryl methyl sites for hydroxylation is 2. The third-order valence-corrected chi connectivity index (χ3v) is 5.43. The maximum atomic E-state index is 12.8. The summed E-state index contributed by atoms with van der Waals surface area (Å²) in [6, 6.07) is 17.1. The van der Waals surface area contributed by atoms with E-state index in [9.17, 15) is 4.79 Å². The van der Waals surface area contributed by atoms with Crippen LogP contribution < -0.4 is 10.6 Å². The molecule has 1 aromatic carbocycles. The molecule has 1 aliphatic rings. The molecule has 1 amide bonds. The number of thiocarbonyl (C=S) groups is 1. The Morgan fingerprint density at radius 2 is 1.93 bits per heavy atom. The molecule has 0 saturated carbocycles. The molecule has 1 aliphatic heterocycles. The van der Waals surface area contributed by atoms with Gasteiger partial charge < -0.3 is 20.5 Å². The van der Waals surface area contributed by atoms with Crippen molar-refractivity contribution in [2.45, 2.75) is 25.9 Å². The molecule has 4 rings (SSSR count). The van der Waals surface area contributed by atoms with Gasteiger partial charge in [-0.3, -0.25) is 9.78 Å². The van der Waals surface area contributed by atoms with Crippen LogP contribution in [0.1, 0.15) is 34.7 Å². The minimum atomic E-state index is -0.137. The molecular weight excluding hydrogens is 382 g/mol. The number of pyridine rings is 1. The van der Waals surface area contributed by atoms with Gasteiger partial charge in [-0.15, -0.1) is 0 Å². The number of H-pyrrole nitrogens is 1. The Morgan fingerprint density at radius 3 is 2.59 bits per heavy atom. The SMILES string of the molecule is Cc1cc([C@H]2[C@@H](c3ccccn3)NC(=S)N2CC(=O)Nc2ccccc2)c(C)[nH]1. The van der Waals surface area contributed by atoms with E-state index in [1.54, 1.807) is 6.20 Å². The number of aromatic nitrogens is 2. The maximum absolute atomic E-state index is 12.8. The average molecular weight is 406 g/mol. The van der Waals surface area contributed by atoms with Crippen LogP contribution in [0.4, 0.5) is 5.69 Å². The van der Waals surface area contributed by atoms with Gasteiger partial charge in [0.05, 0.1) is 17.8 Å². The van der Waals surface area contributed by atoms with E-state index in [1.165, 1.54) is 0 Å².